The molecule has 0 saturated heterocycles. The van der Waals surface area contributed by atoms with Gasteiger partial charge in [-0.25, -0.2) is 14.9 Å². The second kappa shape index (κ2) is 10.5. The zero-order chi connectivity index (χ0) is 24.4. The fourth-order valence-corrected chi connectivity index (χ4v) is 3.96. The number of nitrogens with two attached hydrogens (primary N) is 1. The molecule has 5 aromatic rings. The molecule has 3 heterocycles. The van der Waals surface area contributed by atoms with E-state index in [0.717, 1.165) is 27.9 Å². The molecule has 0 spiro atoms. The minimum absolute atomic E-state index is 0. The summed E-state index contributed by atoms with van der Waals surface area (Å²) in [6, 6.07) is 21.1. The van der Waals surface area contributed by atoms with Gasteiger partial charge in [-0.05, 0) is 30.2 Å². The second-order valence-electron chi connectivity index (χ2n) is 8.14. The van der Waals surface area contributed by atoms with E-state index >= 15 is 0 Å². The lowest BCUT2D eigenvalue weighted by atomic mass is 9.96. The zero-order valence-corrected chi connectivity index (χ0v) is 20.2. The number of carbonyl (C=O) groups excluding carboxylic acids is 1. The SMILES string of the molecule is CC(NC(=O)c1nccc2nc(-c3ccc(CN)cc3)c(-c3ccccc3)cc12)c1n[nH]c(=O)[nH]1.Cl. The Morgan fingerprint density at radius 3 is 2.47 bits per heavy atom. The maximum absolute atomic E-state index is 13.2. The van der Waals surface area contributed by atoms with Gasteiger partial charge in [0.15, 0.2) is 5.82 Å². The third-order valence-electron chi connectivity index (χ3n) is 5.78. The van der Waals surface area contributed by atoms with Gasteiger partial charge in [-0.2, -0.15) is 5.10 Å². The first kappa shape index (κ1) is 24.8. The van der Waals surface area contributed by atoms with Gasteiger partial charge >= 0.3 is 5.69 Å². The molecule has 2 aromatic carbocycles. The van der Waals surface area contributed by atoms with Crippen LogP contribution in [-0.4, -0.2) is 31.1 Å². The molecule has 0 aliphatic heterocycles. The lowest BCUT2D eigenvalue weighted by Crippen LogP contribution is -2.28. The van der Waals surface area contributed by atoms with Crippen LogP contribution in [-0.2, 0) is 6.54 Å². The van der Waals surface area contributed by atoms with Crippen LogP contribution < -0.4 is 16.7 Å². The van der Waals surface area contributed by atoms with Crippen LogP contribution in [0, 0.1) is 0 Å². The Labute approximate surface area is 212 Å². The Kier molecular flexibility index (Phi) is 7.23. The summed E-state index contributed by atoms with van der Waals surface area (Å²) in [4.78, 5) is 36.4. The van der Waals surface area contributed by atoms with Crippen molar-refractivity contribution in [3.63, 3.8) is 0 Å². The van der Waals surface area contributed by atoms with E-state index in [1.807, 2.05) is 60.7 Å². The highest BCUT2D eigenvalue weighted by atomic mass is 35.5. The molecule has 0 saturated carbocycles. The zero-order valence-electron chi connectivity index (χ0n) is 19.4. The molecule has 5 N–H and O–H groups in total. The van der Waals surface area contributed by atoms with Crippen LogP contribution in [0.3, 0.4) is 0 Å². The standard InChI is InChI=1S/C26H23N7O2.ClH/c1-15(24-31-26(35)33-32-24)29-25(34)23-20-13-19(17-5-3-2-4-6-17)22(30-21(20)11-12-28-23)18-9-7-16(14-27)8-10-18;/h2-13,15H,14,27H2,1H3,(H,29,34)(H2,31,32,33,35);1H. The van der Waals surface area contributed by atoms with Crippen molar-refractivity contribution in [3.8, 4) is 22.4 Å². The van der Waals surface area contributed by atoms with Gasteiger partial charge in [0, 0.05) is 29.3 Å². The molecular weight excluding hydrogens is 478 g/mol. The molecule has 1 unspecified atom stereocenters. The summed E-state index contributed by atoms with van der Waals surface area (Å²) in [5, 5.41) is 9.65. The topological polar surface area (TPSA) is 142 Å². The predicted molar refractivity (Wildman–Crippen MR) is 141 cm³/mol. The summed E-state index contributed by atoms with van der Waals surface area (Å²) < 4.78 is 0. The maximum atomic E-state index is 13.2. The van der Waals surface area contributed by atoms with Gasteiger partial charge in [0.2, 0.25) is 0 Å². The van der Waals surface area contributed by atoms with Gasteiger partial charge in [0.05, 0.1) is 17.3 Å². The van der Waals surface area contributed by atoms with Gasteiger partial charge in [0.25, 0.3) is 5.91 Å². The number of fused-ring (bicyclic) bond motifs is 1. The van der Waals surface area contributed by atoms with E-state index < -0.39 is 17.6 Å². The molecule has 0 radical (unpaired) electrons. The number of hydrogen-bond donors (Lipinski definition) is 4. The molecule has 0 aliphatic carbocycles. The monoisotopic (exact) mass is 501 g/mol. The van der Waals surface area contributed by atoms with E-state index in [0.29, 0.717) is 23.3 Å². The minimum atomic E-state index is -0.527. The number of rotatable bonds is 6. The lowest BCUT2D eigenvalue weighted by molar-refractivity contribution is 0.0935. The van der Waals surface area contributed by atoms with Crippen LogP contribution in [0.5, 0.6) is 0 Å². The highest BCUT2D eigenvalue weighted by molar-refractivity contribution is 6.06. The van der Waals surface area contributed by atoms with Gasteiger partial charge in [-0.1, -0.05) is 54.6 Å². The number of nitrogens with zero attached hydrogens (tertiary/aromatic N) is 3. The molecule has 10 heteroatoms. The van der Waals surface area contributed by atoms with Crippen LogP contribution in [0.1, 0.15) is 34.8 Å². The normalized spacial score (nSPS) is 11.6. The smallest absolute Gasteiger partial charge is 0.340 e. The third kappa shape index (κ3) is 4.88. The van der Waals surface area contributed by atoms with Crippen molar-refractivity contribution in [2.75, 3.05) is 0 Å². The first-order valence-electron chi connectivity index (χ1n) is 11.1. The van der Waals surface area contributed by atoms with Gasteiger partial charge in [-0.3, -0.25) is 14.8 Å². The Morgan fingerprint density at radius 2 is 1.81 bits per heavy atom. The molecular formula is C26H24ClN7O2. The second-order valence-corrected chi connectivity index (χ2v) is 8.14. The number of hydrogen-bond acceptors (Lipinski definition) is 6. The van der Waals surface area contributed by atoms with E-state index in [9.17, 15) is 9.59 Å². The fourth-order valence-electron chi connectivity index (χ4n) is 3.96. The number of nitrogens with one attached hydrogen (secondary N) is 3. The van der Waals surface area contributed by atoms with Crippen molar-refractivity contribution in [2.45, 2.75) is 19.5 Å². The van der Waals surface area contributed by atoms with E-state index in [1.54, 1.807) is 19.2 Å². The van der Waals surface area contributed by atoms with Gasteiger partial charge in [0.1, 0.15) is 5.69 Å². The average Bonchev–Trinajstić information content (AvgIpc) is 3.34. The summed E-state index contributed by atoms with van der Waals surface area (Å²) >= 11 is 0. The number of pyridine rings is 2. The van der Waals surface area contributed by atoms with Crippen LogP contribution in [0.2, 0.25) is 0 Å². The van der Waals surface area contributed by atoms with E-state index in [4.69, 9.17) is 10.7 Å². The van der Waals surface area contributed by atoms with Gasteiger partial charge in [-0.15, -0.1) is 12.4 Å². The number of carbonyl (C=O) groups is 1. The maximum Gasteiger partial charge on any atom is 0.340 e. The third-order valence-corrected chi connectivity index (χ3v) is 5.78. The van der Waals surface area contributed by atoms with Crippen LogP contribution in [0.15, 0.2) is 77.7 Å². The van der Waals surface area contributed by atoms with Crippen molar-refractivity contribution in [1.29, 1.82) is 0 Å². The number of aromatic nitrogens is 5. The van der Waals surface area contributed by atoms with Crippen LogP contribution >= 0.6 is 12.4 Å². The van der Waals surface area contributed by atoms with Crippen molar-refractivity contribution in [2.24, 2.45) is 5.73 Å². The Bertz CT molecular complexity index is 1560. The average molecular weight is 502 g/mol. The number of benzene rings is 2. The van der Waals surface area contributed by atoms with Crippen LogP contribution in [0.25, 0.3) is 33.3 Å². The molecule has 36 heavy (non-hydrogen) atoms. The van der Waals surface area contributed by atoms with E-state index in [2.05, 4.69) is 25.5 Å². The number of aromatic amines is 2. The first-order valence-corrected chi connectivity index (χ1v) is 11.1. The number of amides is 1. The molecule has 182 valence electrons. The summed E-state index contributed by atoms with van der Waals surface area (Å²) in [5.41, 5.74) is 10.8. The van der Waals surface area contributed by atoms with Crippen molar-refractivity contribution >= 4 is 29.2 Å². The molecule has 1 amide bonds. The quantitative estimate of drug-likeness (QED) is 0.279. The van der Waals surface area contributed by atoms with Crippen molar-refractivity contribution in [1.82, 2.24) is 30.5 Å². The molecule has 9 nitrogen and oxygen atoms in total. The van der Waals surface area contributed by atoms with Gasteiger partial charge < -0.3 is 11.1 Å². The molecule has 0 bridgehead atoms. The summed E-state index contributed by atoms with van der Waals surface area (Å²) in [5.74, 6) is -0.0669. The van der Waals surface area contributed by atoms with Crippen LogP contribution in [0.4, 0.5) is 0 Å². The molecule has 5 rings (SSSR count). The van der Waals surface area contributed by atoms with E-state index in [-0.39, 0.29) is 18.1 Å². The largest absolute Gasteiger partial charge is 0.341 e. The van der Waals surface area contributed by atoms with E-state index in [1.165, 1.54) is 0 Å². The molecule has 0 aliphatic rings. The summed E-state index contributed by atoms with van der Waals surface area (Å²) in [6.45, 7) is 2.19. The van der Waals surface area contributed by atoms with Crippen molar-refractivity contribution in [3.05, 3.63) is 100 Å². The summed E-state index contributed by atoms with van der Waals surface area (Å²) in [6.07, 6.45) is 1.56. The Hall–Kier alpha value is -4.34. The summed E-state index contributed by atoms with van der Waals surface area (Å²) in [7, 11) is 0. The first-order chi connectivity index (χ1) is 17.0. The minimum Gasteiger partial charge on any atom is -0.341 e. The molecule has 0 fully saturated rings. The Balaban J connectivity index is 0.00000304. The predicted octanol–water partition coefficient (Wildman–Crippen LogP) is 3.75. The highest BCUT2D eigenvalue weighted by Crippen LogP contribution is 2.34. The highest BCUT2D eigenvalue weighted by Gasteiger charge is 2.20. The number of H-pyrrole nitrogens is 2. The number of halogens is 1. The fraction of sp³-hybridized carbons (Fsp3) is 0.115. The Morgan fingerprint density at radius 1 is 1.06 bits per heavy atom. The molecule has 1 atom stereocenters. The van der Waals surface area contributed by atoms with Crippen molar-refractivity contribution < 1.29 is 4.79 Å². The lowest BCUT2D eigenvalue weighted by Gasteiger charge is -2.15. The molecule has 3 aromatic heterocycles.